The molecule has 2 aromatic rings. The van der Waals surface area contributed by atoms with Crippen LogP contribution < -0.4 is 4.74 Å². The minimum atomic E-state index is 0.484. The summed E-state index contributed by atoms with van der Waals surface area (Å²) in [6, 6.07) is 11.4. The van der Waals surface area contributed by atoms with Crippen molar-refractivity contribution in [2.75, 3.05) is 0 Å². The highest BCUT2D eigenvalue weighted by atomic mass is 16.5. The third-order valence-electron chi connectivity index (χ3n) is 2.22. The van der Waals surface area contributed by atoms with Crippen molar-refractivity contribution in [2.24, 2.45) is 0 Å². The maximum absolute atomic E-state index is 8.91. The van der Waals surface area contributed by atoms with Crippen LogP contribution in [0.25, 0.3) is 0 Å². The van der Waals surface area contributed by atoms with Gasteiger partial charge in [-0.25, -0.2) is 0 Å². The third-order valence-corrected chi connectivity index (χ3v) is 2.22. The number of aryl methyl sites for hydroxylation is 1. The van der Waals surface area contributed by atoms with Gasteiger partial charge in [0.2, 0.25) is 0 Å². The van der Waals surface area contributed by atoms with Crippen molar-refractivity contribution in [3.05, 3.63) is 53.9 Å². The van der Waals surface area contributed by atoms with Gasteiger partial charge in [-0.15, -0.1) is 0 Å². The molecule has 3 heteroatoms. The molecular weight excluding hydrogens is 200 g/mol. The largest absolute Gasteiger partial charge is 0.454 e. The van der Waals surface area contributed by atoms with E-state index < -0.39 is 0 Å². The van der Waals surface area contributed by atoms with E-state index in [1.54, 1.807) is 18.5 Å². The summed E-state index contributed by atoms with van der Waals surface area (Å²) in [4.78, 5) is 3.94. The van der Waals surface area contributed by atoms with Crippen LogP contribution in [0.4, 0.5) is 0 Å². The first-order valence-corrected chi connectivity index (χ1v) is 4.89. The molecule has 0 aliphatic heterocycles. The summed E-state index contributed by atoms with van der Waals surface area (Å²) in [5.74, 6) is 1.23. The first-order valence-electron chi connectivity index (χ1n) is 4.89. The van der Waals surface area contributed by atoms with Crippen LogP contribution >= 0.6 is 0 Å². The zero-order chi connectivity index (χ0) is 11.4. The standard InChI is InChI=1S/C13H10N2O/c1-10-4-2-3-5-12(10)16-13-9-15-7-6-11(13)8-14/h2-7,9H,1H3. The molecule has 16 heavy (non-hydrogen) atoms. The molecule has 0 saturated heterocycles. The molecule has 78 valence electrons. The lowest BCUT2D eigenvalue weighted by molar-refractivity contribution is 0.475. The Kier molecular flexibility index (Phi) is 2.84. The van der Waals surface area contributed by atoms with Gasteiger partial charge in [0.25, 0.3) is 0 Å². The molecule has 1 aromatic carbocycles. The Hall–Kier alpha value is -2.34. The summed E-state index contributed by atoms with van der Waals surface area (Å²) in [5.41, 5.74) is 1.51. The summed E-state index contributed by atoms with van der Waals surface area (Å²) in [6.45, 7) is 1.96. The van der Waals surface area contributed by atoms with Gasteiger partial charge in [0.1, 0.15) is 11.8 Å². The topological polar surface area (TPSA) is 45.9 Å². The van der Waals surface area contributed by atoms with E-state index in [0.717, 1.165) is 11.3 Å². The Morgan fingerprint density at radius 2 is 2.00 bits per heavy atom. The smallest absolute Gasteiger partial charge is 0.163 e. The van der Waals surface area contributed by atoms with Crippen molar-refractivity contribution < 1.29 is 4.74 Å². The second-order valence-corrected chi connectivity index (χ2v) is 3.35. The first kappa shape index (κ1) is 10.2. The highest BCUT2D eigenvalue weighted by Crippen LogP contribution is 2.26. The predicted molar refractivity (Wildman–Crippen MR) is 60.2 cm³/mol. The fourth-order valence-electron chi connectivity index (χ4n) is 1.34. The lowest BCUT2D eigenvalue weighted by Gasteiger charge is -2.08. The van der Waals surface area contributed by atoms with Gasteiger partial charge >= 0.3 is 0 Å². The molecule has 0 bridgehead atoms. The van der Waals surface area contributed by atoms with E-state index in [9.17, 15) is 0 Å². The SMILES string of the molecule is Cc1ccccc1Oc1cnccc1C#N. The molecule has 0 saturated carbocycles. The van der Waals surface area contributed by atoms with Gasteiger partial charge < -0.3 is 4.74 Å². The summed E-state index contributed by atoms with van der Waals surface area (Å²) in [7, 11) is 0. The molecule has 0 aliphatic rings. The minimum Gasteiger partial charge on any atom is -0.454 e. The summed E-state index contributed by atoms with van der Waals surface area (Å²) < 4.78 is 5.65. The first-order chi connectivity index (χ1) is 7.81. The van der Waals surface area contributed by atoms with Crippen LogP contribution in [-0.2, 0) is 0 Å². The van der Waals surface area contributed by atoms with E-state index in [4.69, 9.17) is 10.00 Å². The third kappa shape index (κ3) is 2.01. The van der Waals surface area contributed by atoms with Crippen molar-refractivity contribution in [3.63, 3.8) is 0 Å². The molecular formula is C13H10N2O. The van der Waals surface area contributed by atoms with Crippen LogP contribution in [0.15, 0.2) is 42.7 Å². The highest BCUT2D eigenvalue weighted by Gasteiger charge is 2.05. The average molecular weight is 210 g/mol. The van der Waals surface area contributed by atoms with Gasteiger partial charge in [-0.3, -0.25) is 4.98 Å². The molecule has 0 N–H and O–H groups in total. The molecule has 0 amide bonds. The van der Waals surface area contributed by atoms with Crippen LogP contribution in [0.3, 0.4) is 0 Å². The quantitative estimate of drug-likeness (QED) is 0.765. The molecule has 3 nitrogen and oxygen atoms in total. The van der Waals surface area contributed by atoms with Crippen LogP contribution in [0, 0.1) is 18.3 Å². The molecule has 0 aliphatic carbocycles. The van der Waals surface area contributed by atoms with Crippen molar-refractivity contribution in [2.45, 2.75) is 6.92 Å². The monoisotopic (exact) mass is 210 g/mol. The number of nitrogens with zero attached hydrogens (tertiary/aromatic N) is 2. The van der Waals surface area contributed by atoms with Crippen molar-refractivity contribution in [3.8, 4) is 17.6 Å². The number of rotatable bonds is 2. The number of para-hydroxylation sites is 1. The van der Waals surface area contributed by atoms with Gasteiger partial charge in [0.15, 0.2) is 5.75 Å². The zero-order valence-electron chi connectivity index (χ0n) is 8.84. The number of nitriles is 1. The van der Waals surface area contributed by atoms with E-state index in [1.165, 1.54) is 0 Å². The maximum atomic E-state index is 8.91. The van der Waals surface area contributed by atoms with Gasteiger partial charge in [0.05, 0.1) is 11.8 Å². The van der Waals surface area contributed by atoms with Gasteiger partial charge in [-0.05, 0) is 24.6 Å². The van der Waals surface area contributed by atoms with Crippen LogP contribution in [0.5, 0.6) is 11.5 Å². The van der Waals surface area contributed by atoms with Gasteiger partial charge in [-0.1, -0.05) is 18.2 Å². The fraction of sp³-hybridized carbons (Fsp3) is 0.0769. The summed E-state index contributed by atoms with van der Waals surface area (Å²) in [5, 5.41) is 8.91. The molecule has 2 rings (SSSR count). The van der Waals surface area contributed by atoms with E-state index in [1.807, 2.05) is 31.2 Å². The normalized spacial score (nSPS) is 9.50. The lowest BCUT2D eigenvalue weighted by Crippen LogP contribution is -1.90. The molecule has 0 atom stereocenters. The summed E-state index contributed by atoms with van der Waals surface area (Å²) in [6.07, 6.45) is 3.12. The Labute approximate surface area is 93.9 Å². The molecule has 0 spiro atoms. The van der Waals surface area contributed by atoms with E-state index in [2.05, 4.69) is 11.1 Å². The van der Waals surface area contributed by atoms with Gasteiger partial charge in [0, 0.05) is 6.20 Å². The van der Waals surface area contributed by atoms with Crippen LogP contribution in [0.1, 0.15) is 11.1 Å². The number of hydrogen-bond donors (Lipinski definition) is 0. The van der Waals surface area contributed by atoms with E-state index in [0.29, 0.717) is 11.3 Å². The Bertz CT molecular complexity index is 544. The predicted octanol–water partition coefficient (Wildman–Crippen LogP) is 3.05. The molecule has 0 radical (unpaired) electrons. The highest BCUT2D eigenvalue weighted by molar-refractivity contribution is 5.44. The number of pyridine rings is 1. The number of hydrogen-bond acceptors (Lipinski definition) is 3. The Balaban J connectivity index is 2.35. The Morgan fingerprint density at radius 1 is 1.19 bits per heavy atom. The second-order valence-electron chi connectivity index (χ2n) is 3.35. The van der Waals surface area contributed by atoms with E-state index >= 15 is 0 Å². The van der Waals surface area contributed by atoms with E-state index in [-0.39, 0.29) is 0 Å². The number of aromatic nitrogens is 1. The van der Waals surface area contributed by atoms with Gasteiger partial charge in [-0.2, -0.15) is 5.26 Å². The van der Waals surface area contributed by atoms with Crippen molar-refractivity contribution >= 4 is 0 Å². The molecule has 1 heterocycles. The van der Waals surface area contributed by atoms with Crippen molar-refractivity contribution in [1.29, 1.82) is 5.26 Å². The number of benzene rings is 1. The average Bonchev–Trinajstić information content (AvgIpc) is 2.33. The summed E-state index contributed by atoms with van der Waals surface area (Å²) >= 11 is 0. The molecule has 0 unspecified atom stereocenters. The maximum Gasteiger partial charge on any atom is 0.163 e. The zero-order valence-corrected chi connectivity index (χ0v) is 8.84. The number of ether oxygens (including phenoxy) is 1. The minimum absolute atomic E-state index is 0.484. The molecule has 1 aromatic heterocycles. The molecule has 0 fully saturated rings. The van der Waals surface area contributed by atoms with Crippen LogP contribution in [0.2, 0.25) is 0 Å². The second kappa shape index (κ2) is 4.45. The Morgan fingerprint density at radius 3 is 2.75 bits per heavy atom. The van der Waals surface area contributed by atoms with Crippen LogP contribution in [-0.4, -0.2) is 4.98 Å². The lowest BCUT2D eigenvalue weighted by atomic mass is 10.2. The fourth-order valence-corrected chi connectivity index (χ4v) is 1.34. The van der Waals surface area contributed by atoms with Crippen molar-refractivity contribution in [1.82, 2.24) is 4.98 Å².